The molecule has 0 spiro atoms. The number of guanidine groups is 1. The molecular formula is C20H31FN6OS. The van der Waals surface area contributed by atoms with Gasteiger partial charge in [-0.25, -0.2) is 9.38 Å². The Morgan fingerprint density at radius 3 is 2.79 bits per heavy atom. The van der Waals surface area contributed by atoms with E-state index < -0.39 is 0 Å². The smallest absolute Gasteiger partial charge is 0.191 e. The van der Waals surface area contributed by atoms with E-state index in [1.807, 2.05) is 37.8 Å². The van der Waals surface area contributed by atoms with Crippen LogP contribution in [0.3, 0.4) is 0 Å². The zero-order valence-electron chi connectivity index (χ0n) is 17.7. The fraction of sp³-hybridized carbons (Fsp3) is 0.550. The number of aryl methyl sites for hydroxylation is 1. The molecule has 0 aliphatic carbocycles. The minimum absolute atomic E-state index is 0.216. The Morgan fingerprint density at radius 1 is 1.28 bits per heavy atom. The van der Waals surface area contributed by atoms with Gasteiger partial charge in [0.15, 0.2) is 11.8 Å². The van der Waals surface area contributed by atoms with Crippen molar-refractivity contribution in [3.63, 3.8) is 0 Å². The Hall–Kier alpha value is -2.13. The second-order valence-electron chi connectivity index (χ2n) is 6.56. The molecule has 2 aromatic rings. The van der Waals surface area contributed by atoms with Crippen LogP contribution in [0.1, 0.15) is 36.1 Å². The lowest BCUT2D eigenvalue weighted by Crippen LogP contribution is -2.38. The zero-order chi connectivity index (χ0) is 21.1. The van der Waals surface area contributed by atoms with Crippen LogP contribution in [0.2, 0.25) is 0 Å². The lowest BCUT2D eigenvalue weighted by Gasteiger charge is -2.13. The summed E-state index contributed by atoms with van der Waals surface area (Å²) in [5, 5.41) is 14.9. The molecule has 1 aromatic carbocycles. The summed E-state index contributed by atoms with van der Waals surface area (Å²) in [6.07, 6.45) is 2.89. The summed E-state index contributed by atoms with van der Waals surface area (Å²) in [6, 6.07) is 4.88. The molecule has 29 heavy (non-hydrogen) atoms. The number of hydrogen-bond donors (Lipinski definition) is 2. The quantitative estimate of drug-likeness (QED) is 0.329. The molecule has 1 heterocycles. The molecule has 7 nitrogen and oxygen atoms in total. The van der Waals surface area contributed by atoms with E-state index in [2.05, 4.69) is 20.8 Å². The van der Waals surface area contributed by atoms with Crippen molar-refractivity contribution in [3.05, 3.63) is 46.8 Å². The van der Waals surface area contributed by atoms with Crippen molar-refractivity contribution in [3.8, 4) is 0 Å². The highest BCUT2D eigenvalue weighted by molar-refractivity contribution is 7.97. The Morgan fingerprint density at radius 2 is 2.10 bits per heavy atom. The standard InChI is InChI=1S/C20H31FN6OS/c1-5-28-10-6-9-22-20(24-13-19-26-25-15(2)27(19)3)23-12-16-7-8-18(21)11-17(16)14-29-4/h7-8,11H,5-6,9-10,12-14H2,1-4H3,(H2,22,23,24). The molecule has 0 amide bonds. The van der Waals surface area contributed by atoms with Crippen molar-refractivity contribution < 1.29 is 9.13 Å². The minimum Gasteiger partial charge on any atom is -0.382 e. The normalized spacial score (nSPS) is 11.7. The second-order valence-corrected chi connectivity index (χ2v) is 7.43. The molecule has 0 unspecified atom stereocenters. The van der Waals surface area contributed by atoms with Gasteiger partial charge < -0.3 is 19.9 Å². The number of benzene rings is 1. The highest BCUT2D eigenvalue weighted by Gasteiger charge is 2.08. The Bertz CT molecular complexity index is 795. The molecular weight excluding hydrogens is 391 g/mol. The van der Waals surface area contributed by atoms with Crippen LogP contribution < -0.4 is 10.6 Å². The summed E-state index contributed by atoms with van der Waals surface area (Å²) < 4.78 is 20.9. The summed E-state index contributed by atoms with van der Waals surface area (Å²) in [5.74, 6) is 2.91. The van der Waals surface area contributed by atoms with Crippen LogP contribution in [0.25, 0.3) is 0 Å². The average molecular weight is 423 g/mol. The highest BCUT2D eigenvalue weighted by Crippen LogP contribution is 2.17. The maximum absolute atomic E-state index is 13.6. The Balaban J connectivity index is 2.05. The number of ether oxygens (including phenoxy) is 1. The van der Waals surface area contributed by atoms with Gasteiger partial charge in [0, 0.05) is 32.6 Å². The number of hydrogen-bond acceptors (Lipinski definition) is 5. The van der Waals surface area contributed by atoms with Crippen molar-refractivity contribution >= 4 is 17.7 Å². The lowest BCUT2D eigenvalue weighted by atomic mass is 10.1. The summed E-state index contributed by atoms with van der Waals surface area (Å²) in [5.41, 5.74) is 1.99. The van der Waals surface area contributed by atoms with Gasteiger partial charge in [0.05, 0.1) is 13.1 Å². The molecule has 0 saturated carbocycles. The summed E-state index contributed by atoms with van der Waals surface area (Å²) in [4.78, 5) is 4.70. The first-order valence-corrected chi connectivity index (χ1v) is 11.2. The largest absolute Gasteiger partial charge is 0.382 e. The zero-order valence-corrected chi connectivity index (χ0v) is 18.5. The summed E-state index contributed by atoms with van der Waals surface area (Å²) in [7, 11) is 1.94. The van der Waals surface area contributed by atoms with Crippen molar-refractivity contribution in [2.45, 2.75) is 39.1 Å². The van der Waals surface area contributed by atoms with E-state index in [-0.39, 0.29) is 5.82 Å². The molecule has 0 fully saturated rings. The van der Waals surface area contributed by atoms with Crippen LogP contribution in [0.5, 0.6) is 0 Å². The third kappa shape index (κ3) is 7.66. The van der Waals surface area contributed by atoms with Crippen molar-refractivity contribution in [2.24, 2.45) is 12.0 Å². The third-order valence-electron chi connectivity index (χ3n) is 4.43. The van der Waals surface area contributed by atoms with E-state index in [1.54, 1.807) is 17.8 Å². The number of nitrogens with zero attached hydrogens (tertiary/aromatic N) is 4. The van der Waals surface area contributed by atoms with Crippen molar-refractivity contribution in [2.75, 3.05) is 26.0 Å². The lowest BCUT2D eigenvalue weighted by molar-refractivity contribution is 0.145. The topological polar surface area (TPSA) is 76.4 Å². The van der Waals surface area contributed by atoms with Crippen LogP contribution in [-0.2, 0) is 30.6 Å². The average Bonchev–Trinajstić information content (AvgIpc) is 3.02. The molecule has 0 saturated heterocycles. The summed E-state index contributed by atoms with van der Waals surface area (Å²) >= 11 is 1.67. The van der Waals surface area contributed by atoms with Crippen LogP contribution in [0.15, 0.2) is 23.2 Å². The first kappa shape index (κ1) is 23.2. The van der Waals surface area contributed by atoms with Gasteiger partial charge in [0.1, 0.15) is 11.6 Å². The number of nitrogens with one attached hydrogen (secondary N) is 2. The van der Waals surface area contributed by atoms with Crippen LogP contribution in [0.4, 0.5) is 4.39 Å². The number of aromatic nitrogens is 3. The van der Waals surface area contributed by atoms with Gasteiger partial charge in [-0.1, -0.05) is 6.07 Å². The predicted molar refractivity (Wildman–Crippen MR) is 116 cm³/mol. The SMILES string of the molecule is CCOCCCNC(=NCc1ccc(F)cc1CSC)NCc1nnc(C)n1C. The Labute approximate surface area is 176 Å². The van der Waals surface area contributed by atoms with Crippen molar-refractivity contribution in [1.82, 2.24) is 25.4 Å². The third-order valence-corrected chi connectivity index (χ3v) is 5.03. The molecule has 0 atom stereocenters. The number of thioether (sulfide) groups is 1. The van der Waals surface area contributed by atoms with E-state index in [0.29, 0.717) is 32.3 Å². The molecule has 0 aliphatic heterocycles. The predicted octanol–water partition coefficient (Wildman–Crippen LogP) is 2.79. The van der Waals surface area contributed by atoms with Crippen molar-refractivity contribution in [1.29, 1.82) is 0 Å². The van der Waals surface area contributed by atoms with Gasteiger partial charge in [0.2, 0.25) is 0 Å². The van der Waals surface area contributed by atoms with Crippen LogP contribution in [0, 0.1) is 12.7 Å². The van der Waals surface area contributed by atoms with Gasteiger partial charge >= 0.3 is 0 Å². The van der Waals surface area contributed by atoms with Gasteiger partial charge in [-0.05, 0) is 49.8 Å². The van der Waals surface area contributed by atoms with E-state index >= 15 is 0 Å². The number of rotatable bonds is 11. The number of halogens is 1. The minimum atomic E-state index is -0.216. The molecule has 0 aliphatic rings. The van der Waals surface area contributed by atoms with Gasteiger partial charge in [-0.2, -0.15) is 11.8 Å². The van der Waals surface area contributed by atoms with Crippen LogP contribution in [-0.4, -0.2) is 46.7 Å². The molecule has 0 radical (unpaired) electrons. The van der Waals surface area contributed by atoms with Gasteiger partial charge in [-0.15, -0.1) is 10.2 Å². The van der Waals surface area contributed by atoms with E-state index in [0.717, 1.165) is 41.5 Å². The first-order chi connectivity index (χ1) is 14.0. The second kappa shape index (κ2) is 12.4. The molecule has 2 rings (SSSR count). The molecule has 9 heteroatoms. The number of aliphatic imine (C=N–C) groups is 1. The van der Waals surface area contributed by atoms with E-state index in [9.17, 15) is 4.39 Å². The molecule has 160 valence electrons. The van der Waals surface area contributed by atoms with Gasteiger partial charge in [0.25, 0.3) is 0 Å². The maximum atomic E-state index is 13.6. The van der Waals surface area contributed by atoms with E-state index in [1.165, 1.54) is 6.07 Å². The first-order valence-electron chi connectivity index (χ1n) is 9.76. The van der Waals surface area contributed by atoms with Crippen LogP contribution >= 0.6 is 11.8 Å². The highest BCUT2D eigenvalue weighted by atomic mass is 32.2. The van der Waals surface area contributed by atoms with E-state index in [4.69, 9.17) is 9.73 Å². The van der Waals surface area contributed by atoms with Gasteiger partial charge in [-0.3, -0.25) is 0 Å². The molecule has 0 bridgehead atoms. The maximum Gasteiger partial charge on any atom is 0.191 e. The fourth-order valence-electron chi connectivity index (χ4n) is 2.67. The fourth-order valence-corrected chi connectivity index (χ4v) is 3.25. The molecule has 1 aromatic heterocycles. The summed E-state index contributed by atoms with van der Waals surface area (Å²) in [6.45, 7) is 7.04. The Kier molecular flexibility index (Phi) is 9.93. The monoisotopic (exact) mass is 422 g/mol. The molecule has 2 N–H and O–H groups in total.